The molecule has 4 saturated carbocycles. The third-order valence-corrected chi connectivity index (χ3v) is 6.69. The van der Waals surface area contributed by atoms with E-state index in [2.05, 4.69) is 10.2 Å². The summed E-state index contributed by atoms with van der Waals surface area (Å²) in [7, 11) is 4.08. The highest BCUT2D eigenvalue weighted by molar-refractivity contribution is 5.85. The summed E-state index contributed by atoms with van der Waals surface area (Å²) in [5.41, 5.74) is -0.0648. The van der Waals surface area contributed by atoms with E-state index in [0.717, 1.165) is 48.5 Å². The fourth-order valence-corrected chi connectivity index (χ4v) is 5.94. The molecule has 1 unspecified atom stereocenters. The van der Waals surface area contributed by atoms with E-state index in [1.165, 1.54) is 19.3 Å². The Morgan fingerprint density at radius 3 is 2.20 bits per heavy atom. The van der Waals surface area contributed by atoms with Crippen molar-refractivity contribution in [2.24, 2.45) is 23.2 Å². The van der Waals surface area contributed by atoms with Gasteiger partial charge in [-0.3, -0.25) is 9.69 Å². The van der Waals surface area contributed by atoms with Gasteiger partial charge < -0.3 is 9.73 Å². The summed E-state index contributed by atoms with van der Waals surface area (Å²) >= 11 is 0. The van der Waals surface area contributed by atoms with Crippen molar-refractivity contribution in [1.82, 2.24) is 10.2 Å². The van der Waals surface area contributed by atoms with Crippen molar-refractivity contribution >= 4 is 18.3 Å². The zero-order valence-corrected chi connectivity index (χ0v) is 16.4. The number of likely N-dealkylation sites (N-methyl/N-ethyl adjacent to an activating group) is 1. The van der Waals surface area contributed by atoms with Crippen LogP contribution < -0.4 is 5.32 Å². The molecular weight excluding hydrogens is 336 g/mol. The minimum Gasteiger partial charge on any atom is -0.465 e. The van der Waals surface area contributed by atoms with Crippen molar-refractivity contribution in [2.45, 2.75) is 51.5 Å². The first-order valence-corrected chi connectivity index (χ1v) is 9.46. The fourth-order valence-electron chi connectivity index (χ4n) is 5.94. The van der Waals surface area contributed by atoms with Gasteiger partial charge in [0.1, 0.15) is 11.5 Å². The Kier molecular flexibility index (Phi) is 5.23. The lowest BCUT2D eigenvalue weighted by atomic mass is 9.49. The van der Waals surface area contributed by atoms with Crippen LogP contribution in [0.4, 0.5) is 0 Å². The Morgan fingerprint density at radius 2 is 1.76 bits per heavy atom. The van der Waals surface area contributed by atoms with E-state index in [9.17, 15) is 4.79 Å². The summed E-state index contributed by atoms with van der Waals surface area (Å²) in [4.78, 5) is 15.2. The lowest BCUT2D eigenvalue weighted by Gasteiger charge is -2.55. The zero-order valence-electron chi connectivity index (χ0n) is 15.6. The van der Waals surface area contributed by atoms with Gasteiger partial charge in [-0.1, -0.05) is 0 Å². The van der Waals surface area contributed by atoms with Gasteiger partial charge >= 0.3 is 0 Å². The second-order valence-corrected chi connectivity index (χ2v) is 8.84. The molecule has 0 radical (unpaired) electrons. The van der Waals surface area contributed by atoms with Gasteiger partial charge in [0.15, 0.2) is 0 Å². The Balaban J connectivity index is 0.00000182. The van der Waals surface area contributed by atoms with Gasteiger partial charge in [0.2, 0.25) is 5.91 Å². The molecule has 4 fully saturated rings. The molecule has 1 amide bonds. The number of hydrogen-bond acceptors (Lipinski definition) is 3. The van der Waals surface area contributed by atoms with Crippen LogP contribution in [0.1, 0.15) is 56.1 Å². The highest BCUT2D eigenvalue weighted by atomic mass is 35.5. The molecular formula is C20H31ClN2O2. The maximum absolute atomic E-state index is 13.1. The van der Waals surface area contributed by atoms with E-state index in [0.29, 0.717) is 12.5 Å². The van der Waals surface area contributed by atoms with Gasteiger partial charge in [-0.2, -0.15) is 0 Å². The summed E-state index contributed by atoms with van der Waals surface area (Å²) in [5.74, 6) is 4.57. The molecule has 0 aromatic carbocycles. The predicted molar refractivity (Wildman–Crippen MR) is 101 cm³/mol. The molecule has 4 nitrogen and oxygen atoms in total. The molecule has 0 aliphatic heterocycles. The Morgan fingerprint density at radius 1 is 1.20 bits per heavy atom. The first kappa shape index (κ1) is 18.8. The first-order valence-electron chi connectivity index (χ1n) is 9.46. The molecule has 5 rings (SSSR count). The van der Waals surface area contributed by atoms with E-state index in [4.69, 9.17) is 4.42 Å². The van der Waals surface area contributed by atoms with Crippen LogP contribution in [0.15, 0.2) is 16.5 Å². The maximum Gasteiger partial charge on any atom is 0.226 e. The average molecular weight is 367 g/mol. The summed E-state index contributed by atoms with van der Waals surface area (Å²) in [5, 5.41) is 3.29. The van der Waals surface area contributed by atoms with E-state index < -0.39 is 0 Å². The van der Waals surface area contributed by atoms with Crippen LogP contribution in [0.5, 0.6) is 0 Å². The largest absolute Gasteiger partial charge is 0.465 e. The summed E-state index contributed by atoms with van der Waals surface area (Å²) in [6, 6.07) is 4.11. The molecule has 1 aromatic heterocycles. The van der Waals surface area contributed by atoms with E-state index in [-0.39, 0.29) is 23.9 Å². The second-order valence-electron chi connectivity index (χ2n) is 8.84. The molecule has 25 heavy (non-hydrogen) atoms. The molecule has 4 aliphatic carbocycles. The quantitative estimate of drug-likeness (QED) is 0.858. The molecule has 1 N–H and O–H groups in total. The van der Waals surface area contributed by atoms with Crippen molar-refractivity contribution in [3.63, 3.8) is 0 Å². The van der Waals surface area contributed by atoms with E-state index in [1.807, 2.05) is 33.2 Å². The van der Waals surface area contributed by atoms with Gasteiger partial charge in [0.05, 0.1) is 6.04 Å². The first-order chi connectivity index (χ1) is 11.4. The molecule has 0 saturated heterocycles. The Bertz CT molecular complexity index is 590. The zero-order chi connectivity index (χ0) is 16.9. The van der Waals surface area contributed by atoms with Gasteiger partial charge in [0.25, 0.3) is 0 Å². The predicted octanol–water partition coefficient (Wildman–Crippen LogP) is 3.95. The van der Waals surface area contributed by atoms with E-state index in [1.54, 1.807) is 0 Å². The lowest BCUT2D eigenvalue weighted by molar-refractivity contribution is -0.146. The van der Waals surface area contributed by atoms with Crippen molar-refractivity contribution in [2.75, 3.05) is 20.6 Å². The SMILES string of the molecule is Cc1ccc(C(CNC(=O)C23CC4CC(CC(C4)C2)C3)N(C)C)o1.Cl. The molecule has 0 spiro atoms. The number of carbonyl (C=O) groups excluding carboxylic acids is 1. The minimum atomic E-state index is -0.0648. The van der Waals surface area contributed by atoms with Crippen molar-refractivity contribution in [3.8, 4) is 0 Å². The third kappa shape index (κ3) is 3.48. The van der Waals surface area contributed by atoms with Crippen LogP contribution >= 0.6 is 12.4 Å². The number of aryl methyl sites for hydroxylation is 1. The van der Waals surface area contributed by atoms with Crippen molar-refractivity contribution < 1.29 is 9.21 Å². The maximum atomic E-state index is 13.1. The van der Waals surface area contributed by atoms with Gasteiger partial charge in [-0.15, -0.1) is 12.4 Å². The average Bonchev–Trinajstić information content (AvgIpc) is 2.91. The number of furan rings is 1. The summed E-state index contributed by atoms with van der Waals surface area (Å²) < 4.78 is 5.80. The van der Waals surface area contributed by atoms with Gasteiger partial charge in [0, 0.05) is 12.0 Å². The molecule has 4 bridgehead atoms. The normalized spacial score (nSPS) is 34.0. The van der Waals surface area contributed by atoms with Gasteiger partial charge in [-0.25, -0.2) is 0 Å². The smallest absolute Gasteiger partial charge is 0.226 e. The minimum absolute atomic E-state index is 0. The van der Waals surface area contributed by atoms with Crippen LogP contribution in [0, 0.1) is 30.1 Å². The molecule has 1 atom stereocenters. The second kappa shape index (κ2) is 6.96. The van der Waals surface area contributed by atoms with Crippen molar-refractivity contribution in [1.29, 1.82) is 0 Å². The molecule has 1 aromatic rings. The highest BCUT2D eigenvalue weighted by Crippen LogP contribution is 2.60. The molecule has 5 heteroatoms. The van der Waals surface area contributed by atoms with Crippen LogP contribution in [0.2, 0.25) is 0 Å². The topological polar surface area (TPSA) is 45.5 Å². The summed E-state index contributed by atoms with van der Waals surface area (Å²) in [6.07, 6.45) is 7.49. The number of rotatable bonds is 5. The third-order valence-electron chi connectivity index (χ3n) is 6.69. The number of nitrogens with zero attached hydrogens (tertiary/aromatic N) is 1. The highest BCUT2D eigenvalue weighted by Gasteiger charge is 2.54. The standard InChI is InChI=1S/C20H30N2O2.ClH/c1-13-4-5-18(24-13)17(22(2)3)12-21-19(23)20-9-14-6-15(10-20)8-16(7-14)11-20;/h4-5,14-17H,6-12H2,1-3H3,(H,21,23);1H. The monoisotopic (exact) mass is 366 g/mol. The van der Waals surface area contributed by atoms with Crippen LogP contribution in [0.3, 0.4) is 0 Å². The fraction of sp³-hybridized carbons (Fsp3) is 0.750. The summed E-state index contributed by atoms with van der Waals surface area (Å²) in [6.45, 7) is 2.59. The number of halogens is 1. The van der Waals surface area contributed by atoms with Gasteiger partial charge in [-0.05, 0) is 89.4 Å². The molecule has 1 heterocycles. The van der Waals surface area contributed by atoms with Crippen LogP contribution in [-0.4, -0.2) is 31.4 Å². The number of nitrogens with one attached hydrogen (secondary N) is 1. The molecule has 140 valence electrons. The van der Waals surface area contributed by atoms with Crippen molar-refractivity contribution in [3.05, 3.63) is 23.7 Å². The van der Waals surface area contributed by atoms with Crippen LogP contribution in [0.25, 0.3) is 0 Å². The number of amides is 1. The van der Waals surface area contributed by atoms with Crippen LogP contribution in [-0.2, 0) is 4.79 Å². The Hall–Kier alpha value is -1.00. The number of hydrogen-bond donors (Lipinski definition) is 1. The Labute approximate surface area is 157 Å². The number of carbonyl (C=O) groups is 1. The van der Waals surface area contributed by atoms with E-state index >= 15 is 0 Å². The lowest BCUT2D eigenvalue weighted by Crippen LogP contribution is -2.54. The molecule has 4 aliphatic rings.